The quantitative estimate of drug-likeness (QED) is 0.778. The van der Waals surface area contributed by atoms with Crippen LogP contribution in [0.4, 0.5) is 5.69 Å². The van der Waals surface area contributed by atoms with Gasteiger partial charge in [-0.3, -0.25) is 4.79 Å². The zero-order valence-electron chi connectivity index (χ0n) is 15.3. The number of carbonyl (C=O) groups excluding carboxylic acids is 1. The van der Waals surface area contributed by atoms with Gasteiger partial charge in [0.05, 0.1) is 18.0 Å². The van der Waals surface area contributed by atoms with E-state index < -0.39 is 6.10 Å². The molecule has 6 nitrogen and oxygen atoms in total. The minimum absolute atomic E-state index is 0. The average Bonchev–Trinajstić information content (AvgIpc) is 3.10. The molecule has 27 heavy (non-hydrogen) atoms. The number of aromatic nitrogens is 1. The van der Waals surface area contributed by atoms with E-state index in [0.29, 0.717) is 24.5 Å². The van der Waals surface area contributed by atoms with E-state index in [1.807, 2.05) is 32.0 Å². The second-order valence-corrected chi connectivity index (χ2v) is 6.23. The van der Waals surface area contributed by atoms with Crippen molar-refractivity contribution in [2.75, 3.05) is 11.9 Å². The molecule has 1 fully saturated rings. The molecule has 0 aliphatic carbocycles. The van der Waals surface area contributed by atoms with Crippen molar-refractivity contribution in [2.24, 2.45) is 5.73 Å². The molecule has 1 aliphatic rings. The number of amides is 1. The number of nitrogens with zero attached hydrogens (tertiary/aromatic N) is 1. The lowest BCUT2D eigenvalue weighted by Crippen LogP contribution is -2.29. The van der Waals surface area contributed by atoms with Crippen molar-refractivity contribution in [2.45, 2.75) is 38.9 Å². The lowest BCUT2D eigenvalue weighted by atomic mass is 10.1. The van der Waals surface area contributed by atoms with Gasteiger partial charge in [-0.05, 0) is 49.9 Å². The highest BCUT2D eigenvalue weighted by atomic mass is 35.5. The molecule has 1 aliphatic heterocycles. The van der Waals surface area contributed by atoms with E-state index in [9.17, 15) is 4.79 Å². The topological polar surface area (TPSA) is 86.5 Å². The number of nitrogens with two attached hydrogens (primary N) is 1. The van der Waals surface area contributed by atoms with Gasteiger partial charge in [-0.1, -0.05) is 12.1 Å². The van der Waals surface area contributed by atoms with Crippen LogP contribution >= 0.6 is 24.8 Å². The minimum atomic E-state index is -0.445. The van der Waals surface area contributed by atoms with Gasteiger partial charge in [0.25, 0.3) is 5.91 Å². The summed E-state index contributed by atoms with van der Waals surface area (Å²) in [7, 11) is 0. The summed E-state index contributed by atoms with van der Waals surface area (Å²) in [5.74, 6) is 1.09. The predicted octanol–water partition coefficient (Wildman–Crippen LogP) is 3.78. The molecule has 148 valence electrons. The lowest BCUT2D eigenvalue weighted by molar-refractivity contribution is -0.126. The van der Waals surface area contributed by atoms with Crippen molar-refractivity contribution in [1.82, 2.24) is 4.98 Å². The first kappa shape index (κ1) is 23.2. The molecule has 2 heterocycles. The average molecular weight is 414 g/mol. The van der Waals surface area contributed by atoms with Gasteiger partial charge in [0.15, 0.2) is 0 Å². The van der Waals surface area contributed by atoms with Crippen LogP contribution in [0.5, 0.6) is 11.6 Å². The van der Waals surface area contributed by atoms with Crippen molar-refractivity contribution in [3.05, 3.63) is 47.7 Å². The number of aryl methyl sites for hydroxylation is 1. The molecule has 1 amide bonds. The third-order valence-electron chi connectivity index (χ3n) is 4.44. The number of benzene rings is 1. The van der Waals surface area contributed by atoms with Crippen LogP contribution in [-0.4, -0.2) is 29.6 Å². The van der Waals surface area contributed by atoms with Gasteiger partial charge < -0.3 is 20.5 Å². The van der Waals surface area contributed by atoms with Crippen LogP contribution in [-0.2, 0) is 9.53 Å². The summed E-state index contributed by atoms with van der Waals surface area (Å²) in [6.07, 6.45) is 2.61. The SMILES string of the molecule is Cc1cccc(Oc2ccc(NC(=O)[C@@H]3CC[C@H](CN)O3)cn2)c1C.Cl.Cl. The molecule has 0 radical (unpaired) electrons. The summed E-state index contributed by atoms with van der Waals surface area (Å²) < 4.78 is 11.4. The van der Waals surface area contributed by atoms with Gasteiger partial charge in [-0.15, -0.1) is 24.8 Å². The van der Waals surface area contributed by atoms with Crippen molar-refractivity contribution in [1.29, 1.82) is 0 Å². The second-order valence-electron chi connectivity index (χ2n) is 6.23. The molecule has 0 unspecified atom stereocenters. The maximum Gasteiger partial charge on any atom is 0.253 e. The number of carbonyl (C=O) groups is 1. The minimum Gasteiger partial charge on any atom is -0.439 e. The van der Waals surface area contributed by atoms with Gasteiger partial charge in [0.2, 0.25) is 5.88 Å². The summed E-state index contributed by atoms with van der Waals surface area (Å²) >= 11 is 0. The van der Waals surface area contributed by atoms with Crippen LogP contribution < -0.4 is 15.8 Å². The van der Waals surface area contributed by atoms with Crippen LogP contribution in [0.2, 0.25) is 0 Å². The van der Waals surface area contributed by atoms with Crippen molar-refractivity contribution in [3.63, 3.8) is 0 Å². The number of rotatable bonds is 5. The molecule has 3 N–H and O–H groups in total. The van der Waals surface area contributed by atoms with E-state index in [1.165, 1.54) is 0 Å². The maximum atomic E-state index is 12.2. The third-order valence-corrected chi connectivity index (χ3v) is 4.44. The zero-order valence-corrected chi connectivity index (χ0v) is 16.9. The van der Waals surface area contributed by atoms with E-state index >= 15 is 0 Å². The Hall–Kier alpha value is -1.86. The zero-order chi connectivity index (χ0) is 17.8. The largest absolute Gasteiger partial charge is 0.439 e. The van der Waals surface area contributed by atoms with Gasteiger partial charge in [-0.25, -0.2) is 4.98 Å². The molecule has 0 saturated carbocycles. The Morgan fingerprint density at radius 2 is 2.04 bits per heavy atom. The molecule has 1 saturated heterocycles. The van der Waals surface area contributed by atoms with Crippen LogP contribution in [0.3, 0.4) is 0 Å². The molecule has 8 heteroatoms. The second kappa shape index (κ2) is 10.5. The summed E-state index contributed by atoms with van der Waals surface area (Å²) in [6.45, 7) is 4.49. The Kier molecular flexibility index (Phi) is 8.99. The molecule has 1 aromatic heterocycles. The Morgan fingerprint density at radius 1 is 1.26 bits per heavy atom. The smallest absolute Gasteiger partial charge is 0.253 e. The molecule has 3 rings (SSSR count). The fraction of sp³-hybridized carbons (Fsp3) is 0.368. The highest BCUT2D eigenvalue weighted by Gasteiger charge is 2.29. The first-order valence-electron chi connectivity index (χ1n) is 8.43. The molecule has 2 aromatic rings. The Balaban J connectivity index is 0.00000182. The summed E-state index contributed by atoms with van der Waals surface area (Å²) in [4.78, 5) is 16.5. The normalized spacial score (nSPS) is 18.2. The molecular formula is C19H25Cl2N3O3. The van der Waals surface area contributed by atoms with Crippen LogP contribution in [0.1, 0.15) is 24.0 Å². The molecule has 0 bridgehead atoms. The van der Waals surface area contributed by atoms with Crippen LogP contribution in [0.15, 0.2) is 36.5 Å². The Bertz CT molecular complexity index is 756. The highest BCUT2D eigenvalue weighted by molar-refractivity contribution is 5.94. The van der Waals surface area contributed by atoms with Gasteiger partial charge in [-0.2, -0.15) is 0 Å². The molecule has 0 spiro atoms. The number of nitrogens with one attached hydrogen (secondary N) is 1. The van der Waals surface area contributed by atoms with Crippen molar-refractivity contribution >= 4 is 36.4 Å². The highest BCUT2D eigenvalue weighted by Crippen LogP contribution is 2.26. The standard InChI is InChI=1S/C19H23N3O3.2ClH/c1-12-4-3-5-16(13(12)2)25-18-9-6-14(11-21-18)22-19(23)17-8-7-15(10-20)24-17;;/h3-6,9,11,15,17H,7-8,10,20H2,1-2H3,(H,22,23);2*1H/t15-,17+;;/m1../s1. The fourth-order valence-corrected chi connectivity index (χ4v) is 2.76. The summed E-state index contributed by atoms with van der Waals surface area (Å²) in [5.41, 5.74) is 8.42. The lowest BCUT2D eigenvalue weighted by Gasteiger charge is -2.13. The Labute approximate surface area is 171 Å². The van der Waals surface area contributed by atoms with Crippen LogP contribution in [0, 0.1) is 13.8 Å². The van der Waals surface area contributed by atoms with Crippen molar-refractivity contribution < 1.29 is 14.3 Å². The predicted molar refractivity (Wildman–Crippen MR) is 110 cm³/mol. The van der Waals surface area contributed by atoms with Crippen LogP contribution in [0.25, 0.3) is 0 Å². The number of halogens is 2. The van der Waals surface area contributed by atoms with Gasteiger partial charge in [0.1, 0.15) is 11.9 Å². The number of ether oxygens (including phenoxy) is 2. The monoisotopic (exact) mass is 413 g/mol. The number of hydrogen-bond acceptors (Lipinski definition) is 5. The number of anilines is 1. The van der Waals surface area contributed by atoms with E-state index in [2.05, 4.69) is 10.3 Å². The summed E-state index contributed by atoms with van der Waals surface area (Å²) in [6, 6.07) is 9.39. The van der Waals surface area contributed by atoms with Gasteiger partial charge in [0, 0.05) is 12.6 Å². The Morgan fingerprint density at radius 3 is 2.67 bits per heavy atom. The maximum absolute atomic E-state index is 12.2. The number of hydrogen-bond donors (Lipinski definition) is 2. The molecule has 2 atom stereocenters. The number of pyridine rings is 1. The molecule has 1 aromatic carbocycles. The van der Waals surface area contributed by atoms with E-state index in [4.69, 9.17) is 15.2 Å². The first-order chi connectivity index (χ1) is 12.1. The van der Waals surface area contributed by atoms with E-state index in [-0.39, 0.29) is 36.8 Å². The van der Waals surface area contributed by atoms with Gasteiger partial charge >= 0.3 is 0 Å². The molecular weight excluding hydrogens is 389 g/mol. The van der Waals surface area contributed by atoms with E-state index in [0.717, 1.165) is 23.3 Å². The van der Waals surface area contributed by atoms with Crippen molar-refractivity contribution in [3.8, 4) is 11.6 Å². The fourth-order valence-electron chi connectivity index (χ4n) is 2.76. The first-order valence-corrected chi connectivity index (χ1v) is 8.43. The van der Waals surface area contributed by atoms with E-state index in [1.54, 1.807) is 18.3 Å². The summed E-state index contributed by atoms with van der Waals surface area (Å²) in [5, 5.41) is 2.82. The third kappa shape index (κ3) is 5.81.